The highest BCUT2D eigenvalue weighted by molar-refractivity contribution is 6.33. The second kappa shape index (κ2) is 14.0. The van der Waals surface area contributed by atoms with Gasteiger partial charge in [-0.15, -0.1) is 0 Å². The lowest BCUT2D eigenvalue weighted by atomic mass is 10.0. The predicted octanol–water partition coefficient (Wildman–Crippen LogP) is 4.58. The van der Waals surface area contributed by atoms with Gasteiger partial charge in [-0.25, -0.2) is 5.43 Å². The van der Waals surface area contributed by atoms with E-state index in [1.54, 1.807) is 68.4 Å². The van der Waals surface area contributed by atoms with Crippen LogP contribution in [-0.2, 0) is 9.59 Å². The van der Waals surface area contributed by atoms with E-state index in [4.69, 9.17) is 21.1 Å². The molecule has 9 nitrogen and oxygen atoms in total. The molecule has 3 rings (SSSR count). The van der Waals surface area contributed by atoms with Crippen molar-refractivity contribution in [2.45, 2.75) is 26.8 Å². The molecule has 0 spiro atoms. The van der Waals surface area contributed by atoms with Gasteiger partial charge in [-0.1, -0.05) is 61.3 Å². The molecule has 0 aromatic heterocycles. The van der Waals surface area contributed by atoms with Crippen LogP contribution in [0.1, 0.15) is 35.3 Å². The van der Waals surface area contributed by atoms with Crippen LogP contribution in [0.15, 0.2) is 71.8 Å². The van der Waals surface area contributed by atoms with E-state index in [1.807, 2.05) is 19.1 Å². The molecule has 3 aromatic carbocycles. The molecule has 10 heteroatoms. The molecule has 0 aliphatic carbocycles. The van der Waals surface area contributed by atoms with Crippen LogP contribution in [0.25, 0.3) is 0 Å². The van der Waals surface area contributed by atoms with Gasteiger partial charge in [-0.05, 0) is 49.2 Å². The molecule has 0 aliphatic rings. The van der Waals surface area contributed by atoms with Gasteiger partial charge in [0.2, 0.25) is 0 Å². The molecule has 3 aromatic rings. The molecule has 0 aliphatic heterocycles. The van der Waals surface area contributed by atoms with Gasteiger partial charge >= 0.3 is 0 Å². The summed E-state index contributed by atoms with van der Waals surface area (Å²) in [6.45, 7) is 5.29. The summed E-state index contributed by atoms with van der Waals surface area (Å²) in [7, 11) is 1.48. The van der Waals surface area contributed by atoms with Crippen LogP contribution in [0.3, 0.4) is 0 Å². The lowest BCUT2D eigenvalue weighted by molar-refractivity contribution is -0.124. The Kier molecular flexibility index (Phi) is 10.5. The standard InChI is InChI=1S/C29H31ClN4O5/c1-18(2)26(33-28(36)22-9-5-6-10-23(22)30)29(37)34-31-16-20-8-7-11-24(38-4)27(20)39-17-25(35)32-21-14-12-19(3)13-15-21/h5-16,18,26H,17H2,1-4H3,(H,32,35)(H,33,36)(H,34,37)/b31-16-. The fraction of sp³-hybridized carbons (Fsp3) is 0.241. The third kappa shape index (κ3) is 8.31. The molecular formula is C29H31ClN4O5. The first kappa shape index (κ1) is 29.2. The molecule has 0 saturated carbocycles. The number of halogens is 1. The second-order valence-corrected chi connectivity index (χ2v) is 9.40. The number of anilines is 1. The van der Waals surface area contributed by atoms with Gasteiger partial charge in [0.25, 0.3) is 17.7 Å². The number of hydrogen-bond donors (Lipinski definition) is 3. The minimum absolute atomic E-state index is 0.227. The van der Waals surface area contributed by atoms with Gasteiger partial charge in [0, 0.05) is 11.3 Å². The van der Waals surface area contributed by atoms with Crippen molar-refractivity contribution in [1.82, 2.24) is 10.7 Å². The maximum absolute atomic E-state index is 12.9. The van der Waals surface area contributed by atoms with E-state index < -0.39 is 17.9 Å². The SMILES string of the molecule is COc1cccc(/C=N\NC(=O)C(NC(=O)c2ccccc2Cl)C(C)C)c1OCC(=O)Nc1ccc(C)cc1. The lowest BCUT2D eigenvalue weighted by Gasteiger charge is -2.20. The van der Waals surface area contributed by atoms with Gasteiger partial charge in [-0.2, -0.15) is 5.10 Å². The fourth-order valence-corrected chi connectivity index (χ4v) is 3.78. The van der Waals surface area contributed by atoms with Crippen LogP contribution in [0.4, 0.5) is 5.69 Å². The summed E-state index contributed by atoms with van der Waals surface area (Å²) < 4.78 is 11.1. The van der Waals surface area contributed by atoms with Crippen molar-refractivity contribution in [3.8, 4) is 11.5 Å². The van der Waals surface area contributed by atoms with Crippen molar-refractivity contribution in [2.75, 3.05) is 19.0 Å². The lowest BCUT2D eigenvalue weighted by Crippen LogP contribution is -2.48. The number of carbonyl (C=O) groups is 3. The number of hydrazone groups is 1. The molecule has 0 fully saturated rings. The summed E-state index contributed by atoms with van der Waals surface area (Å²) in [6.07, 6.45) is 1.38. The topological polar surface area (TPSA) is 118 Å². The van der Waals surface area contributed by atoms with E-state index >= 15 is 0 Å². The van der Waals surface area contributed by atoms with Crippen LogP contribution in [0, 0.1) is 12.8 Å². The Morgan fingerprint density at radius 2 is 1.72 bits per heavy atom. The Morgan fingerprint density at radius 1 is 1.00 bits per heavy atom. The van der Waals surface area contributed by atoms with E-state index in [1.165, 1.54) is 13.3 Å². The molecule has 39 heavy (non-hydrogen) atoms. The van der Waals surface area contributed by atoms with E-state index in [0.29, 0.717) is 17.0 Å². The van der Waals surface area contributed by atoms with Crippen LogP contribution >= 0.6 is 11.6 Å². The summed E-state index contributed by atoms with van der Waals surface area (Å²) in [5.74, 6) is -0.885. The highest BCUT2D eigenvalue weighted by Crippen LogP contribution is 2.30. The maximum Gasteiger partial charge on any atom is 0.262 e. The Hall–Kier alpha value is -4.37. The van der Waals surface area contributed by atoms with Gasteiger partial charge < -0.3 is 20.1 Å². The molecule has 0 radical (unpaired) electrons. The number of methoxy groups -OCH3 is 1. The van der Waals surface area contributed by atoms with E-state index in [-0.39, 0.29) is 34.8 Å². The van der Waals surface area contributed by atoms with Crippen LogP contribution in [-0.4, -0.2) is 43.7 Å². The van der Waals surface area contributed by atoms with E-state index in [0.717, 1.165) is 5.56 Å². The number of amides is 3. The quantitative estimate of drug-likeness (QED) is 0.238. The first-order valence-electron chi connectivity index (χ1n) is 12.2. The number of rotatable bonds is 11. The van der Waals surface area contributed by atoms with Crippen molar-refractivity contribution >= 4 is 41.2 Å². The monoisotopic (exact) mass is 550 g/mol. The average molecular weight is 551 g/mol. The predicted molar refractivity (Wildman–Crippen MR) is 152 cm³/mol. The van der Waals surface area contributed by atoms with Crippen molar-refractivity contribution in [3.63, 3.8) is 0 Å². The van der Waals surface area contributed by atoms with Crippen molar-refractivity contribution in [1.29, 1.82) is 0 Å². The van der Waals surface area contributed by atoms with Gasteiger partial charge in [0.15, 0.2) is 18.1 Å². The number of para-hydroxylation sites is 1. The van der Waals surface area contributed by atoms with Crippen LogP contribution in [0.5, 0.6) is 11.5 Å². The van der Waals surface area contributed by atoms with Gasteiger partial charge in [-0.3, -0.25) is 14.4 Å². The number of benzene rings is 3. The Morgan fingerprint density at radius 3 is 2.38 bits per heavy atom. The molecule has 1 atom stereocenters. The average Bonchev–Trinajstić information content (AvgIpc) is 2.91. The first-order valence-corrected chi connectivity index (χ1v) is 12.6. The summed E-state index contributed by atoms with van der Waals surface area (Å²) in [5.41, 5.74) is 4.93. The largest absolute Gasteiger partial charge is 0.493 e. The molecule has 204 valence electrons. The number of nitrogens with zero attached hydrogens (tertiary/aromatic N) is 1. The zero-order valence-electron chi connectivity index (χ0n) is 22.2. The highest BCUT2D eigenvalue weighted by atomic mass is 35.5. The molecular weight excluding hydrogens is 520 g/mol. The van der Waals surface area contributed by atoms with Gasteiger partial charge in [0.1, 0.15) is 6.04 Å². The third-order valence-corrected chi connectivity index (χ3v) is 5.97. The molecule has 1 unspecified atom stereocenters. The number of carbonyl (C=O) groups excluding carboxylic acids is 3. The Bertz CT molecular complexity index is 1340. The smallest absolute Gasteiger partial charge is 0.262 e. The summed E-state index contributed by atoms with van der Waals surface area (Å²) in [5, 5.41) is 9.81. The zero-order valence-corrected chi connectivity index (χ0v) is 22.9. The van der Waals surface area contributed by atoms with Crippen LogP contribution < -0.4 is 25.5 Å². The van der Waals surface area contributed by atoms with E-state index in [9.17, 15) is 14.4 Å². The Balaban J connectivity index is 1.66. The maximum atomic E-state index is 12.9. The minimum Gasteiger partial charge on any atom is -0.493 e. The molecule has 0 heterocycles. The fourth-order valence-electron chi connectivity index (χ4n) is 3.56. The summed E-state index contributed by atoms with van der Waals surface area (Å²) >= 11 is 6.11. The Labute approximate surface area is 232 Å². The zero-order chi connectivity index (χ0) is 28.4. The first-order chi connectivity index (χ1) is 18.7. The van der Waals surface area contributed by atoms with Crippen molar-refractivity contribution < 1.29 is 23.9 Å². The highest BCUT2D eigenvalue weighted by Gasteiger charge is 2.25. The molecule has 3 N–H and O–H groups in total. The normalized spacial score (nSPS) is 11.6. The summed E-state index contributed by atoms with van der Waals surface area (Å²) in [6, 6.07) is 18.2. The third-order valence-electron chi connectivity index (χ3n) is 5.64. The number of hydrogen-bond acceptors (Lipinski definition) is 6. The molecule has 0 bridgehead atoms. The molecule has 3 amide bonds. The number of aryl methyl sites for hydroxylation is 1. The summed E-state index contributed by atoms with van der Waals surface area (Å²) in [4.78, 5) is 38.0. The molecule has 0 saturated heterocycles. The second-order valence-electron chi connectivity index (χ2n) is 8.99. The minimum atomic E-state index is -0.863. The van der Waals surface area contributed by atoms with Gasteiger partial charge in [0.05, 0.1) is 23.9 Å². The van der Waals surface area contributed by atoms with Crippen molar-refractivity contribution in [3.05, 3.63) is 88.4 Å². The number of nitrogens with one attached hydrogen (secondary N) is 3. The number of ether oxygens (including phenoxy) is 2. The van der Waals surface area contributed by atoms with Crippen LogP contribution in [0.2, 0.25) is 5.02 Å². The van der Waals surface area contributed by atoms with Crippen molar-refractivity contribution in [2.24, 2.45) is 11.0 Å². The van der Waals surface area contributed by atoms with E-state index in [2.05, 4.69) is 21.2 Å².